The number of carbonyl (C=O) groups excluding carboxylic acids is 1. The van der Waals surface area contributed by atoms with Crippen LogP contribution in [0, 0.1) is 6.92 Å². The number of pyridine rings is 1. The van der Waals surface area contributed by atoms with Crippen LogP contribution in [0.25, 0.3) is 0 Å². The van der Waals surface area contributed by atoms with Crippen molar-refractivity contribution in [3.8, 4) is 0 Å². The molecule has 3 N–H and O–H groups in total. The predicted octanol–water partition coefficient (Wildman–Crippen LogP) is 3.55. The molecule has 2 rings (SSSR count). The van der Waals surface area contributed by atoms with Gasteiger partial charge in [0.1, 0.15) is 6.04 Å². The van der Waals surface area contributed by atoms with E-state index >= 15 is 0 Å². The summed E-state index contributed by atoms with van der Waals surface area (Å²) in [6.45, 7) is 2.00. The summed E-state index contributed by atoms with van der Waals surface area (Å²) in [5, 5.41) is 3.10. The van der Waals surface area contributed by atoms with E-state index in [9.17, 15) is 4.79 Å². The van der Waals surface area contributed by atoms with Crippen LogP contribution in [-0.2, 0) is 4.79 Å². The molecule has 0 bridgehead atoms. The molecule has 2 aromatic rings. The Balaban J connectivity index is 2.31. The lowest BCUT2D eigenvalue weighted by Crippen LogP contribution is -2.28. The standard InChI is InChI=1S/C14H13Br2N3O/c1-8-2-4-10(5-3-8)19-13(14(17)20)12-11(16)6-9(15)7-18-12/h2-7,13,19H,1H3,(H2,17,20). The highest BCUT2D eigenvalue weighted by atomic mass is 79.9. The molecule has 6 heteroatoms. The van der Waals surface area contributed by atoms with Crippen molar-refractivity contribution in [3.05, 3.63) is 56.7 Å². The first-order chi connectivity index (χ1) is 9.47. The van der Waals surface area contributed by atoms with Crippen molar-refractivity contribution < 1.29 is 4.79 Å². The maximum absolute atomic E-state index is 11.7. The molecule has 0 fully saturated rings. The third-order valence-corrected chi connectivity index (χ3v) is 3.83. The topological polar surface area (TPSA) is 68.0 Å². The van der Waals surface area contributed by atoms with Gasteiger partial charge in [0.15, 0.2) is 0 Å². The van der Waals surface area contributed by atoms with Crippen molar-refractivity contribution in [1.29, 1.82) is 0 Å². The van der Waals surface area contributed by atoms with Gasteiger partial charge in [0.2, 0.25) is 5.91 Å². The van der Waals surface area contributed by atoms with Gasteiger partial charge < -0.3 is 11.1 Å². The van der Waals surface area contributed by atoms with Gasteiger partial charge in [-0.25, -0.2) is 0 Å². The molecule has 1 unspecified atom stereocenters. The number of nitrogens with two attached hydrogens (primary N) is 1. The second-order valence-corrected chi connectivity index (χ2v) is 6.14. The number of benzene rings is 1. The van der Waals surface area contributed by atoms with E-state index in [4.69, 9.17) is 5.73 Å². The van der Waals surface area contributed by atoms with Gasteiger partial charge in [-0.3, -0.25) is 9.78 Å². The van der Waals surface area contributed by atoms with Gasteiger partial charge in [0, 0.05) is 20.8 Å². The van der Waals surface area contributed by atoms with Crippen LogP contribution < -0.4 is 11.1 Å². The van der Waals surface area contributed by atoms with Gasteiger partial charge in [-0.2, -0.15) is 0 Å². The predicted molar refractivity (Wildman–Crippen MR) is 86.4 cm³/mol. The number of hydrogen-bond donors (Lipinski definition) is 2. The molecule has 1 amide bonds. The summed E-state index contributed by atoms with van der Waals surface area (Å²) in [7, 11) is 0. The Morgan fingerprint density at radius 1 is 1.30 bits per heavy atom. The fourth-order valence-electron chi connectivity index (χ4n) is 1.73. The fraction of sp³-hybridized carbons (Fsp3) is 0.143. The van der Waals surface area contributed by atoms with Gasteiger partial charge in [-0.1, -0.05) is 17.7 Å². The molecule has 4 nitrogen and oxygen atoms in total. The Labute approximate surface area is 134 Å². The molecule has 0 aliphatic rings. The Hall–Kier alpha value is -1.40. The van der Waals surface area contributed by atoms with Crippen molar-refractivity contribution in [1.82, 2.24) is 4.98 Å². The van der Waals surface area contributed by atoms with Crippen LogP contribution in [-0.4, -0.2) is 10.9 Å². The van der Waals surface area contributed by atoms with Crippen LogP contribution in [0.4, 0.5) is 5.69 Å². The third kappa shape index (κ3) is 3.58. The molecule has 1 aromatic carbocycles. The van der Waals surface area contributed by atoms with Crippen LogP contribution >= 0.6 is 31.9 Å². The van der Waals surface area contributed by atoms with Gasteiger partial charge >= 0.3 is 0 Å². The number of aryl methyl sites for hydroxylation is 1. The zero-order valence-electron chi connectivity index (χ0n) is 10.7. The summed E-state index contributed by atoms with van der Waals surface area (Å²) < 4.78 is 1.54. The highest BCUT2D eigenvalue weighted by Crippen LogP contribution is 2.27. The molecular formula is C14H13Br2N3O. The van der Waals surface area contributed by atoms with Crippen LogP contribution in [0.15, 0.2) is 45.5 Å². The van der Waals surface area contributed by atoms with Crippen LogP contribution in [0.1, 0.15) is 17.3 Å². The molecule has 1 atom stereocenters. The lowest BCUT2D eigenvalue weighted by Gasteiger charge is -2.17. The van der Waals surface area contributed by atoms with E-state index < -0.39 is 11.9 Å². The summed E-state index contributed by atoms with van der Waals surface area (Å²) in [4.78, 5) is 16.0. The van der Waals surface area contributed by atoms with E-state index in [0.717, 1.165) is 20.2 Å². The van der Waals surface area contributed by atoms with E-state index in [1.807, 2.05) is 37.3 Å². The maximum atomic E-state index is 11.7. The normalized spacial score (nSPS) is 11.9. The van der Waals surface area contributed by atoms with E-state index in [1.165, 1.54) is 0 Å². The fourth-order valence-corrected chi connectivity index (χ4v) is 2.94. The van der Waals surface area contributed by atoms with E-state index in [0.29, 0.717) is 5.69 Å². The Morgan fingerprint density at radius 2 is 1.95 bits per heavy atom. The number of nitrogens with zero attached hydrogens (tertiary/aromatic N) is 1. The van der Waals surface area contributed by atoms with Crippen LogP contribution in [0.2, 0.25) is 0 Å². The van der Waals surface area contributed by atoms with E-state index in [2.05, 4.69) is 42.2 Å². The highest BCUT2D eigenvalue weighted by Gasteiger charge is 2.22. The quantitative estimate of drug-likeness (QED) is 0.827. The molecule has 0 spiro atoms. The van der Waals surface area contributed by atoms with Gasteiger partial charge in [-0.15, -0.1) is 0 Å². The second-order valence-electron chi connectivity index (χ2n) is 4.37. The molecular weight excluding hydrogens is 386 g/mol. The van der Waals surface area contributed by atoms with E-state index in [-0.39, 0.29) is 0 Å². The van der Waals surface area contributed by atoms with Crippen molar-refractivity contribution in [3.63, 3.8) is 0 Å². The largest absolute Gasteiger partial charge is 0.369 e. The Morgan fingerprint density at radius 3 is 2.50 bits per heavy atom. The number of halogens is 2. The minimum absolute atomic E-state index is 0.485. The van der Waals surface area contributed by atoms with Gasteiger partial charge in [0.25, 0.3) is 0 Å². The zero-order chi connectivity index (χ0) is 14.7. The summed E-state index contributed by atoms with van der Waals surface area (Å²) in [5.74, 6) is -0.485. The summed E-state index contributed by atoms with van der Waals surface area (Å²) >= 11 is 6.73. The first-order valence-corrected chi connectivity index (χ1v) is 7.49. The number of aromatic nitrogens is 1. The molecule has 0 saturated heterocycles. The van der Waals surface area contributed by atoms with Crippen molar-refractivity contribution in [2.24, 2.45) is 5.73 Å². The highest BCUT2D eigenvalue weighted by molar-refractivity contribution is 9.11. The van der Waals surface area contributed by atoms with E-state index in [1.54, 1.807) is 6.20 Å². The summed E-state index contributed by atoms with van der Waals surface area (Å²) in [6.07, 6.45) is 1.63. The lowest BCUT2D eigenvalue weighted by atomic mass is 10.1. The van der Waals surface area contributed by atoms with Crippen LogP contribution in [0.5, 0.6) is 0 Å². The number of nitrogens with one attached hydrogen (secondary N) is 1. The number of anilines is 1. The summed E-state index contributed by atoms with van der Waals surface area (Å²) in [5.41, 5.74) is 8.00. The number of carbonyl (C=O) groups is 1. The first-order valence-electron chi connectivity index (χ1n) is 5.91. The SMILES string of the molecule is Cc1ccc(NC(C(N)=O)c2ncc(Br)cc2Br)cc1. The van der Waals surface area contributed by atoms with Gasteiger partial charge in [-0.05, 0) is 57.0 Å². The lowest BCUT2D eigenvalue weighted by molar-refractivity contribution is -0.118. The zero-order valence-corrected chi connectivity index (χ0v) is 13.9. The number of primary amides is 1. The number of amides is 1. The minimum atomic E-state index is -0.694. The molecule has 0 saturated carbocycles. The average Bonchev–Trinajstić information content (AvgIpc) is 2.39. The van der Waals surface area contributed by atoms with Crippen molar-refractivity contribution in [2.75, 3.05) is 5.32 Å². The Bertz CT molecular complexity index is 629. The van der Waals surface area contributed by atoms with Crippen LogP contribution in [0.3, 0.4) is 0 Å². The second kappa shape index (κ2) is 6.37. The molecule has 0 radical (unpaired) electrons. The molecule has 0 aliphatic heterocycles. The molecule has 1 aromatic heterocycles. The molecule has 0 aliphatic carbocycles. The monoisotopic (exact) mass is 397 g/mol. The van der Waals surface area contributed by atoms with Gasteiger partial charge in [0.05, 0.1) is 5.69 Å². The maximum Gasteiger partial charge on any atom is 0.246 e. The smallest absolute Gasteiger partial charge is 0.246 e. The average molecular weight is 399 g/mol. The Kier molecular flexibility index (Phi) is 4.77. The third-order valence-electron chi connectivity index (χ3n) is 2.76. The number of hydrogen-bond acceptors (Lipinski definition) is 3. The summed E-state index contributed by atoms with van der Waals surface area (Å²) in [6, 6.07) is 8.86. The number of rotatable bonds is 4. The minimum Gasteiger partial charge on any atom is -0.369 e. The molecule has 104 valence electrons. The molecule has 20 heavy (non-hydrogen) atoms. The van der Waals surface area contributed by atoms with Crippen molar-refractivity contribution >= 4 is 43.5 Å². The van der Waals surface area contributed by atoms with Crippen molar-refractivity contribution in [2.45, 2.75) is 13.0 Å². The molecule has 1 heterocycles. The first kappa shape index (κ1) is 15.0.